The van der Waals surface area contributed by atoms with E-state index in [1.54, 1.807) is 0 Å². The van der Waals surface area contributed by atoms with Crippen molar-refractivity contribution in [1.82, 2.24) is 5.32 Å². The minimum absolute atomic E-state index is 0.104. The lowest BCUT2D eigenvalue weighted by Gasteiger charge is -2.24. The SMILES string of the molecule is CC(C)C1CC12OCCNC2=O. The van der Waals surface area contributed by atoms with E-state index in [2.05, 4.69) is 19.2 Å². The molecule has 0 aromatic rings. The summed E-state index contributed by atoms with van der Waals surface area (Å²) in [4.78, 5) is 11.5. The average Bonchev–Trinajstić information content (AvgIpc) is 2.72. The van der Waals surface area contributed by atoms with Gasteiger partial charge in [0, 0.05) is 12.5 Å². The van der Waals surface area contributed by atoms with Crippen LogP contribution in [0.4, 0.5) is 0 Å². The molecule has 1 amide bonds. The normalized spacial score (nSPS) is 40.2. The largest absolute Gasteiger partial charge is 0.363 e. The summed E-state index contributed by atoms with van der Waals surface area (Å²) in [5.41, 5.74) is -0.424. The van der Waals surface area contributed by atoms with Gasteiger partial charge in [-0.15, -0.1) is 0 Å². The quantitative estimate of drug-likeness (QED) is 0.622. The van der Waals surface area contributed by atoms with Crippen LogP contribution in [-0.2, 0) is 9.53 Å². The molecular formula is C9H15NO2. The molecule has 2 aliphatic rings. The molecular weight excluding hydrogens is 154 g/mol. The summed E-state index contributed by atoms with van der Waals surface area (Å²) in [5.74, 6) is 1.10. The molecule has 68 valence electrons. The summed E-state index contributed by atoms with van der Waals surface area (Å²) >= 11 is 0. The van der Waals surface area contributed by atoms with Crippen LogP contribution in [0, 0.1) is 11.8 Å². The molecule has 0 radical (unpaired) electrons. The van der Waals surface area contributed by atoms with Gasteiger partial charge in [-0.2, -0.15) is 0 Å². The van der Waals surface area contributed by atoms with Crippen molar-refractivity contribution in [3.05, 3.63) is 0 Å². The number of rotatable bonds is 1. The van der Waals surface area contributed by atoms with E-state index in [1.807, 2.05) is 0 Å². The molecule has 1 spiro atoms. The Morgan fingerprint density at radius 3 is 2.92 bits per heavy atom. The van der Waals surface area contributed by atoms with Gasteiger partial charge in [-0.1, -0.05) is 13.8 Å². The Bertz CT molecular complexity index is 215. The molecule has 1 saturated heterocycles. The first kappa shape index (κ1) is 8.05. The van der Waals surface area contributed by atoms with Crippen LogP contribution in [0.15, 0.2) is 0 Å². The third kappa shape index (κ3) is 0.959. The zero-order chi connectivity index (χ0) is 8.77. The maximum absolute atomic E-state index is 11.5. The average molecular weight is 169 g/mol. The van der Waals surface area contributed by atoms with E-state index < -0.39 is 5.60 Å². The maximum atomic E-state index is 11.5. The molecule has 12 heavy (non-hydrogen) atoms. The summed E-state index contributed by atoms with van der Waals surface area (Å²) in [7, 11) is 0. The number of nitrogens with one attached hydrogen (secondary N) is 1. The molecule has 0 bridgehead atoms. The fourth-order valence-electron chi connectivity index (χ4n) is 2.08. The van der Waals surface area contributed by atoms with Crippen molar-refractivity contribution < 1.29 is 9.53 Å². The molecule has 0 aromatic carbocycles. The summed E-state index contributed by atoms with van der Waals surface area (Å²) in [6.45, 7) is 5.63. The lowest BCUT2D eigenvalue weighted by atomic mass is 10.0. The molecule has 2 fully saturated rings. The molecule has 2 atom stereocenters. The van der Waals surface area contributed by atoms with E-state index in [9.17, 15) is 4.79 Å². The number of carbonyl (C=O) groups is 1. The highest BCUT2D eigenvalue weighted by atomic mass is 16.5. The van der Waals surface area contributed by atoms with Crippen LogP contribution < -0.4 is 5.32 Å². The van der Waals surface area contributed by atoms with Crippen molar-refractivity contribution in [3.8, 4) is 0 Å². The van der Waals surface area contributed by atoms with Gasteiger partial charge >= 0.3 is 0 Å². The second-order valence-corrected chi connectivity index (χ2v) is 4.05. The molecule has 2 rings (SSSR count). The van der Waals surface area contributed by atoms with Gasteiger partial charge in [0.2, 0.25) is 0 Å². The molecule has 1 N–H and O–H groups in total. The number of hydrogen-bond donors (Lipinski definition) is 1. The fourth-order valence-corrected chi connectivity index (χ4v) is 2.08. The molecule has 3 heteroatoms. The van der Waals surface area contributed by atoms with Gasteiger partial charge in [-0.05, 0) is 12.3 Å². The number of hydrogen-bond acceptors (Lipinski definition) is 2. The highest BCUT2D eigenvalue weighted by Crippen LogP contribution is 2.52. The Kier molecular flexibility index (Phi) is 1.65. The zero-order valence-corrected chi connectivity index (χ0v) is 7.59. The van der Waals surface area contributed by atoms with E-state index in [4.69, 9.17) is 4.74 Å². The predicted octanol–water partition coefficient (Wildman–Crippen LogP) is 0.547. The highest BCUT2D eigenvalue weighted by Gasteiger charge is 2.63. The summed E-state index contributed by atoms with van der Waals surface area (Å²) in [6.07, 6.45) is 0.913. The van der Waals surface area contributed by atoms with Gasteiger partial charge in [0.15, 0.2) is 0 Å². The number of morpholine rings is 1. The standard InChI is InChI=1S/C9H15NO2/c1-6(2)7-5-9(7)8(11)10-3-4-12-9/h6-7H,3-5H2,1-2H3,(H,10,11). The summed E-state index contributed by atoms with van der Waals surface area (Å²) in [5, 5.41) is 2.86. The third-order valence-corrected chi connectivity index (χ3v) is 2.90. The second-order valence-electron chi connectivity index (χ2n) is 4.05. The van der Waals surface area contributed by atoms with Gasteiger partial charge in [0.1, 0.15) is 5.60 Å². The van der Waals surface area contributed by atoms with Gasteiger partial charge in [-0.25, -0.2) is 0 Å². The molecule has 2 unspecified atom stereocenters. The van der Waals surface area contributed by atoms with Crippen LogP contribution in [-0.4, -0.2) is 24.7 Å². The first-order valence-electron chi connectivity index (χ1n) is 4.59. The summed E-state index contributed by atoms with van der Waals surface area (Å²) < 4.78 is 5.55. The predicted molar refractivity (Wildman–Crippen MR) is 44.6 cm³/mol. The van der Waals surface area contributed by atoms with Gasteiger partial charge in [-0.3, -0.25) is 4.79 Å². The number of amides is 1. The van der Waals surface area contributed by atoms with Crippen LogP contribution in [0.3, 0.4) is 0 Å². The van der Waals surface area contributed by atoms with Crippen molar-refractivity contribution in [2.24, 2.45) is 11.8 Å². The number of ether oxygens (including phenoxy) is 1. The van der Waals surface area contributed by atoms with E-state index in [0.717, 1.165) is 6.42 Å². The monoisotopic (exact) mass is 169 g/mol. The Morgan fingerprint density at radius 2 is 2.42 bits per heavy atom. The van der Waals surface area contributed by atoms with Crippen molar-refractivity contribution in [1.29, 1.82) is 0 Å². The first-order valence-corrected chi connectivity index (χ1v) is 4.59. The van der Waals surface area contributed by atoms with Gasteiger partial charge < -0.3 is 10.1 Å². The molecule has 1 heterocycles. The molecule has 0 aromatic heterocycles. The maximum Gasteiger partial charge on any atom is 0.252 e. The molecule has 3 nitrogen and oxygen atoms in total. The Hall–Kier alpha value is -0.570. The van der Waals surface area contributed by atoms with Crippen LogP contribution in [0.25, 0.3) is 0 Å². The zero-order valence-electron chi connectivity index (χ0n) is 7.59. The van der Waals surface area contributed by atoms with Crippen molar-refractivity contribution in [3.63, 3.8) is 0 Å². The third-order valence-electron chi connectivity index (χ3n) is 2.90. The summed E-state index contributed by atoms with van der Waals surface area (Å²) in [6, 6.07) is 0. The molecule has 1 saturated carbocycles. The van der Waals surface area contributed by atoms with E-state index >= 15 is 0 Å². The van der Waals surface area contributed by atoms with Crippen LogP contribution in [0.2, 0.25) is 0 Å². The highest BCUT2D eigenvalue weighted by molar-refractivity contribution is 5.89. The number of carbonyl (C=O) groups excluding carboxylic acids is 1. The topological polar surface area (TPSA) is 38.3 Å². The lowest BCUT2D eigenvalue weighted by molar-refractivity contribution is -0.143. The lowest BCUT2D eigenvalue weighted by Crippen LogP contribution is -2.47. The van der Waals surface area contributed by atoms with Crippen LogP contribution in [0.5, 0.6) is 0 Å². The Labute approximate surface area is 72.5 Å². The smallest absolute Gasteiger partial charge is 0.252 e. The minimum atomic E-state index is -0.424. The van der Waals surface area contributed by atoms with E-state index in [0.29, 0.717) is 25.0 Å². The van der Waals surface area contributed by atoms with E-state index in [1.165, 1.54) is 0 Å². The van der Waals surface area contributed by atoms with Crippen molar-refractivity contribution in [2.45, 2.75) is 25.9 Å². The van der Waals surface area contributed by atoms with Crippen LogP contribution in [0.1, 0.15) is 20.3 Å². The second kappa shape index (κ2) is 2.46. The Morgan fingerprint density at radius 1 is 1.67 bits per heavy atom. The van der Waals surface area contributed by atoms with Gasteiger partial charge in [0.05, 0.1) is 6.61 Å². The fraction of sp³-hybridized carbons (Fsp3) is 0.889. The molecule has 1 aliphatic heterocycles. The van der Waals surface area contributed by atoms with E-state index in [-0.39, 0.29) is 5.91 Å². The minimum Gasteiger partial charge on any atom is -0.363 e. The Balaban J connectivity index is 2.08. The van der Waals surface area contributed by atoms with Crippen LogP contribution >= 0.6 is 0 Å². The van der Waals surface area contributed by atoms with Crippen molar-refractivity contribution >= 4 is 5.91 Å². The molecule has 1 aliphatic carbocycles. The van der Waals surface area contributed by atoms with Crippen molar-refractivity contribution in [2.75, 3.05) is 13.2 Å². The van der Waals surface area contributed by atoms with Gasteiger partial charge in [0.25, 0.3) is 5.91 Å². The first-order chi connectivity index (χ1) is 5.67.